The maximum Gasteiger partial charge on any atom is 0.228 e. The zero-order valence-electron chi connectivity index (χ0n) is 9.68. The summed E-state index contributed by atoms with van der Waals surface area (Å²) in [6, 6.07) is 0. The second-order valence-corrected chi connectivity index (χ2v) is 4.94. The number of rotatable bonds is 2. The van der Waals surface area contributed by atoms with E-state index in [2.05, 4.69) is 10.2 Å². The van der Waals surface area contributed by atoms with E-state index in [1.165, 1.54) is 30.5 Å². The molecule has 3 nitrogen and oxygen atoms in total. The molecule has 0 bridgehead atoms. The quantitative estimate of drug-likeness (QED) is 0.746. The zero-order valence-corrected chi connectivity index (χ0v) is 9.68. The average Bonchev–Trinajstić information content (AvgIpc) is 2.18. The van der Waals surface area contributed by atoms with Crippen molar-refractivity contribution in [2.45, 2.75) is 32.1 Å². The fraction of sp³-hybridized carbons (Fsp3) is 0.750. The van der Waals surface area contributed by atoms with Gasteiger partial charge in [-0.2, -0.15) is 0 Å². The molecular weight excluding hydrogens is 188 g/mol. The highest BCUT2D eigenvalue weighted by Crippen LogP contribution is 2.31. The highest BCUT2D eigenvalue weighted by Gasteiger charge is 2.29. The van der Waals surface area contributed by atoms with E-state index < -0.39 is 0 Å². The predicted octanol–water partition coefficient (Wildman–Crippen LogP) is 1.51. The first kappa shape index (κ1) is 10.7. The maximum atomic E-state index is 11.8. The van der Waals surface area contributed by atoms with Gasteiger partial charge in [0.1, 0.15) is 0 Å². The van der Waals surface area contributed by atoms with Gasteiger partial charge >= 0.3 is 0 Å². The Morgan fingerprint density at radius 1 is 1.33 bits per heavy atom. The molecule has 0 fully saturated rings. The molecule has 0 radical (unpaired) electrons. The molecule has 1 amide bonds. The number of carbonyl (C=O) groups excluding carboxylic acids is 1. The largest absolute Gasteiger partial charge is 0.330 e. The van der Waals surface area contributed by atoms with Crippen molar-refractivity contribution in [3.05, 3.63) is 11.3 Å². The minimum Gasteiger partial charge on any atom is -0.330 e. The Morgan fingerprint density at radius 3 is 2.80 bits per heavy atom. The van der Waals surface area contributed by atoms with E-state index in [0.717, 1.165) is 19.4 Å². The second kappa shape index (κ2) is 4.35. The Morgan fingerprint density at radius 2 is 2.07 bits per heavy atom. The molecule has 2 rings (SSSR count). The van der Waals surface area contributed by atoms with Gasteiger partial charge in [0.05, 0.1) is 5.92 Å². The van der Waals surface area contributed by atoms with Gasteiger partial charge < -0.3 is 10.2 Å². The highest BCUT2D eigenvalue weighted by atomic mass is 16.2. The lowest BCUT2D eigenvalue weighted by atomic mass is 9.85. The van der Waals surface area contributed by atoms with Crippen LogP contribution in [-0.2, 0) is 4.79 Å². The van der Waals surface area contributed by atoms with Crippen LogP contribution in [0.1, 0.15) is 32.1 Å². The number of nitrogens with one attached hydrogen (secondary N) is 1. The SMILES string of the molecule is CN(C)CC1CC2=C(CCCC2)NC1=O. The van der Waals surface area contributed by atoms with Crippen molar-refractivity contribution in [2.24, 2.45) is 5.92 Å². The normalized spacial score (nSPS) is 26.6. The first-order chi connectivity index (χ1) is 7.16. The van der Waals surface area contributed by atoms with Gasteiger partial charge in [-0.15, -0.1) is 0 Å². The molecule has 1 heterocycles. The molecule has 1 atom stereocenters. The molecular formula is C12H20N2O. The molecule has 0 aromatic heterocycles. The number of allylic oxidation sites excluding steroid dienone is 2. The van der Waals surface area contributed by atoms with Crippen LogP contribution in [0.15, 0.2) is 11.3 Å². The molecule has 0 aromatic rings. The summed E-state index contributed by atoms with van der Waals surface area (Å²) >= 11 is 0. The summed E-state index contributed by atoms with van der Waals surface area (Å²) in [6.07, 6.45) is 5.79. The summed E-state index contributed by atoms with van der Waals surface area (Å²) in [5, 5.41) is 3.09. The molecule has 0 saturated carbocycles. The van der Waals surface area contributed by atoms with Gasteiger partial charge in [0.25, 0.3) is 0 Å². The molecule has 2 aliphatic rings. The molecule has 0 spiro atoms. The van der Waals surface area contributed by atoms with Gasteiger partial charge in [0, 0.05) is 12.2 Å². The summed E-state index contributed by atoms with van der Waals surface area (Å²) in [4.78, 5) is 13.9. The summed E-state index contributed by atoms with van der Waals surface area (Å²) in [6.45, 7) is 0.864. The summed E-state index contributed by atoms with van der Waals surface area (Å²) in [5.74, 6) is 0.390. The Bertz CT molecular complexity index is 294. The van der Waals surface area contributed by atoms with Crippen molar-refractivity contribution in [2.75, 3.05) is 20.6 Å². The lowest BCUT2D eigenvalue weighted by Gasteiger charge is -2.31. The van der Waals surface area contributed by atoms with Gasteiger partial charge in [-0.05, 0) is 51.8 Å². The number of hydrogen-bond donors (Lipinski definition) is 1. The second-order valence-electron chi connectivity index (χ2n) is 4.94. The summed E-state index contributed by atoms with van der Waals surface area (Å²) in [7, 11) is 4.05. The lowest BCUT2D eigenvalue weighted by molar-refractivity contribution is -0.125. The van der Waals surface area contributed by atoms with E-state index in [1.54, 1.807) is 0 Å². The van der Waals surface area contributed by atoms with Crippen molar-refractivity contribution in [1.29, 1.82) is 0 Å². The third-order valence-corrected chi connectivity index (χ3v) is 3.31. The first-order valence-corrected chi connectivity index (χ1v) is 5.83. The fourth-order valence-corrected chi connectivity index (χ4v) is 2.57. The van der Waals surface area contributed by atoms with Crippen LogP contribution in [0.4, 0.5) is 0 Å². The van der Waals surface area contributed by atoms with E-state index in [-0.39, 0.29) is 11.8 Å². The van der Waals surface area contributed by atoms with Crippen LogP contribution in [-0.4, -0.2) is 31.4 Å². The van der Waals surface area contributed by atoms with Crippen LogP contribution in [0, 0.1) is 5.92 Å². The molecule has 1 N–H and O–H groups in total. The number of hydrogen-bond acceptors (Lipinski definition) is 2. The topological polar surface area (TPSA) is 32.3 Å². The Balaban J connectivity index is 2.07. The third-order valence-electron chi connectivity index (χ3n) is 3.31. The Kier molecular flexibility index (Phi) is 3.10. The van der Waals surface area contributed by atoms with Crippen LogP contribution in [0.3, 0.4) is 0 Å². The van der Waals surface area contributed by atoms with Gasteiger partial charge in [-0.3, -0.25) is 4.79 Å². The van der Waals surface area contributed by atoms with Gasteiger partial charge in [0.2, 0.25) is 5.91 Å². The van der Waals surface area contributed by atoms with Crippen molar-refractivity contribution in [1.82, 2.24) is 10.2 Å². The Labute approximate surface area is 91.5 Å². The number of nitrogens with zero attached hydrogens (tertiary/aromatic N) is 1. The predicted molar refractivity (Wildman–Crippen MR) is 60.3 cm³/mol. The fourth-order valence-electron chi connectivity index (χ4n) is 2.57. The van der Waals surface area contributed by atoms with E-state index in [1.807, 2.05) is 14.1 Å². The Hall–Kier alpha value is -0.830. The minimum absolute atomic E-state index is 0.164. The molecule has 3 heteroatoms. The highest BCUT2D eigenvalue weighted by molar-refractivity contribution is 5.82. The monoisotopic (exact) mass is 208 g/mol. The smallest absolute Gasteiger partial charge is 0.228 e. The van der Waals surface area contributed by atoms with Crippen molar-refractivity contribution in [3.63, 3.8) is 0 Å². The molecule has 15 heavy (non-hydrogen) atoms. The van der Waals surface area contributed by atoms with Crippen LogP contribution in [0.25, 0.3) is 0 Å². The standard InChI is InChI=1S/C12H20N2O/c1-14(2)8-10-7-9-5-3-4-6-11(9)13-12(10)15/h10H,3-8H2,1-2H3,(H,13,15). The van der Waals surface area contributed by atoms with E-state index in [4.69, 9.17) is 0 Å². The minimum atomic E-state index is 0.164. The molecule has 1 aliphatic heterocycles. The molecule has 1 unspecified atom stereocenters. The zero-order chi connectivity index (χ0) is 10.8. The van der Waals surface area contributed by atoms with E-state index in [9.17, 15) is 4.79 Å². The van der Waals surface area contributed by atoms with E-state index >= 15 is 0 Å². The maximum absolute atomic E-state index is 11.8. The van der Waals surface area contributed by atoms with Crippen LogP contribution >= 0.6 is 0 Å². The number of amides is 1. The van der Waals surface area contributed by atoms with Gasteiger partial charge in [-0.25, -0.2) is 0 Å². The van der Waals surface area contributed by atoms with Gasteiger partial charge in [0.15, 0.2) is 0 Å². The third kappa shape index (κ3) is 2.40. The molecule has 0 saturated heterocycles. The molecule has 1 aliphatic carbocycles. The molecule has 84 valence electrons. The van der Waals surface area contributed by atoms with Gasteiger partial charge in [-0.1, -0.05) is 0 Å². The van der Waals surface area contributed by atoms with Crippen LogP contribution in [0.5, 0.6) is 0 Å². The molecule has 0 aromatic carbocycles. The lowest BCUT2D eigenvalue weighted by Crippen LogP contribution is -2.41. The van der Waals surface area contributed by atoms with Crippen molar-refractivity contribution >= 4 is 5.91 Å². The van der Waals surface area contributed by atoms with E-state index in [0.29, 0.717) is 0 Å². The first-order valence-electron chi connectivity index (χ1n) is 5.83. The van der Waals surface area contributed by atoms with Crippen LogP contribution < -0.4 is 5.32 Å². The number of carbonyl (C=O) groups is 1. The summed E-state index contributed by atoms with van der Waals surface area (Å²) < 4.78 is 0. The van der Waals surface area contributed by atoms with Crippen molar-refractivity contribution < 1.29 is 4.79 Å². The summed E-state index contributed by atoms with van der Waals surface area (Å²) in [5.41, 5.74) is 2.74. The van der Waals surface area contributed by atoms with Crippen LogP contribution in [0.2, 0.25) is 0 Å². The van der Waals surface area contributed by atoms with Crippen molar-refractivity contribution in [3.8, 4) is 0 Å². The average molecular weight is 208 g/mol.